The average Bonchev–Trinajstić information content (AvgIpc) is 3.21. The standard InChI is InChI=1S/C16H11N3O3/c1-19-13(8-10-4-2-3-5-12(10)16(19)20)15-17-14(18-22-15)11-6-7-21-9-11/h2-9H,1H3. The Bertz CT molecular complexity index is 1010. The molecule has 0 saturated heterocycles. The van der Waals surface area contributed by atoms with Gasteiger partial charge in [-0.05, 0) is 23.6 Å². The summed E-state index contributed by atoms with van der Waals surface area (Å²) >= 11 is 0. The first-order chi connectivity index (χ1) is 10.7. The lowest BCUT2D eigenvalue weighted by Gasteiger charge is -2.06. The molecule has 0 aliphatic rings. The third kappa shape index (κ3) is 1.85. The van der Waals surface area contributed by atoms with Crippen molar-refractivity contribution < 1.29 is 8.94 Å². The molecule has 1 aromatic carbocycles. The fraction of sp³-hybridized carbons (Fsp3) is 0.0625. The Balaban J connectivity index is 1.91. The Morgan fingerprint density at radius 2 is 2.05 bits per heavy atom. The van der Waals surface area contributed by atoms with Gasteiger partial charge in [0, 0.05) is 12.4 Å². The van der Waals surface area contributed by atoms with E-state index in [0.717, 1.165) is 10.9 Å². The zero-order chi connectivity index (χ0) is 15.1. The molecule has 108 valence electrons. The van der Waals surface area contributed by atoms with Crippen LogP contribution in [0.25, 0.3) is 33.7 Å². The highest BCUT2D eigenvalue weighted by Gasteiger charge is 2.15. The smallest absolute Gasteiger partial charge is 0.274 e. The zero-order valence-electron chi connectivity index (χ0n) is 11.7. The van der Waals surface area contributed by atoms with Crippen LogP contribution in [-0.4, -0.2) is 14.7 Å². The summed E-state index contributed by atoms with van der Waals surface area (Å²) in [4.78, 5) is 16.8. The van der Waals surface area contributed by atoms with Gasteiger partial charge in [-0.3, -0.25) is 4.79 Å². The van der Waals surface area contributed by atoms with Gasteiger partial charge >= 0.3 is 0 Å². The lowest BCUT2D eigenvalue weighted by atomic mass is 10.1. The van der Waals surface area contributed by atoms with Gasteiger partial charge in [0.15, 0.2) is 0 Å². The number of benzene rings is 1. The van der Waals surface area contributed by atoms with E-state index in [-0.39, 0.29) is 5.56 Å². The molecule has 0 aliphatic heterocycles. The number of fused-ring (bicyclic) bond motifs is 1. The molecule has 4 aromatic rings. The Morgan fingerprint density at radius 3 is 2.86 bits per heavy atom. The van der Waals surface area contributed by atoms with Crippen LogP contribution in [0, 0.1) is 0 Å². The van der Waals surface area contributed by atoms with E-state index in [0.29, 0.717) is 22.8 Å². The molecule has 4 rings (SSSR count). The summed E-state index contributed by atoms with van der Waals surface area (Å²) in [7, 11) is 1.69. The van der Waals surface area contributed by atoms with Gasteiger partial charge in [-0.25, -0.2) is 0 Å². The number of furan rings is 1. The quantitative estimate of drug-likeness (QED) is 0.568. The lowest BCUT2D eigenvalue weighted by Crippen LogP contribution is -2.18. The van der Waals surface area contributed by atoms with E-state index in [2.05, 4.69) is 10.1 Å². The van der Waals surface area contributed by atoms with E-state index in [1.807, 2.05) is 24.3 Å². The molecule has 22 heavy (non-hydrogen) atoms. The predicted molar refractivity (Wildman–Crippen MR) is 80.2 cm³/mol. The Labute approximate surface area is 124 Å². The normalized spacial score (nSPS) is 11.1. The summed E-state index contributed by atoms with van der Waals surface area (Å²) in [6, 6.07) is 11.0. The van der Waals surface area contributed by atoms with Crippen molar-refractivity contribution in [3.8, 4) is 23.0 Å². The average molecular weight is 293 g/mol. The molecule has 0 saturated carbocycles. The van der Waals surface area contributed by atoms with Crippen LogP contribution in [0.3, 0.4) is 0 Å². The molecule has 0 N–H and O–H groups in total. The van der Waals surface area contributed by atoms with Gasteiger partial charge in [-0.1, -0.05) is 23.4 Å². The van der Waals surface area contributed by atoms with Gasteiger partial charge in [0.1, 0.15) is 12.0 Å². The second-order valence-corrected chi connectivity index (χ2v) is 4.92. The minimum atomic E-state index is -0.101. The van der Waals surface area contributed by atoms with Crippen molar-refractivity contribution in [1.29, 1.82) is 0 Å². The molecule has 0 aliphatic carbocycles. The summed E-state index contributed by atoms with van der Waals surface area (Å²) in [6.45, 7) is 0. The largest absolute Gasteiger partial charge is 0.472 e. The van der Waals surface area contributed by atoms with Crippen LogP contribution in [0.15, 0.2) is 62.7 Å². The molecule has 0 unspecified atom stereocenters. The number of rotatable bonds is 2. The Hall–Kier alpha value is -3.15. The molecule has 0 spiro atoms. The molecular weight excluding hydrogens is 282 g/mol. The van der Waals surface area contributed by atoms with Crippen LogP contribution in [0.4, 0.5) is 0 Å². The van der Waals surface area contributed by atoms with E-state index < -0.39 is 0 Å². The van der Waals surface area contributed by atoms with Crippen molar-refractivity contribution >= 4 is 10.8 Å². The third-order valence-corrected chi connectivity index (χ3v) is 3.57. The summed E-state index contributed by atoms with van der Waals surface area (Å²) in [6.07, 6.45) is 3.07. The van der Waals surface area contributed by atoms with Crippen molar-refractivity contribution in [2.24, 2.45) is 7.05 Å². The fourth-order valence-corrected chi connectivity index (χ4v) is 2.39. The van der Waals surface area contributed by atoms with Gasteiger partial charge in [-0.15, -0.1) is 0 Å². The van der Waals surface area contributed by atoms with E-state index in [4.69, 9.17) is 8.94 Å². The molecule has 0 amide bonds. The second kappa shape index (κ2) is 4.70. The SMILES string of the molecule is Cn1c(-c2nc(-c3ccoc3)no2)cc2ccccc2c1=O. The molecule has 0 radical (unpaired) electrons. The van der Waals surface area contributed by atoms with Crippen LogP contribution in [0.5, 0.6) is 0 Å². The fourth-order valence-electron chi connectivity index (χ4n) is 2.39. The van der Waals surface area contributed by atoms with Crippen LogP contribution in [0.2, 0.25) is 0 Å². The maximum Gasteiger partial charge on any atom is 0.274 e. The highest BCUT2D eigenvalue weighted by Crippen LogP contribution is 2.23. The highest BCUT2D eigenvalue weighted by atomic mass is 16.5. The number of pyridine rings is 1. The Kier molecular flexibility index (Phi) is 2.69. The topological polar surface area (TPSA) is 74.1 Å². The summed E-state index contributed by atoms with van der Waals surface area (Å²) < 4.78 is 11.8. The van der Waals surface area contributed by atoms with Crippen LogP contribution in [0.1, 0.15) is 0 Å². The minimum absolute atomic E-state index is 0.101. The molecule has 3 heterocycles. The summed E-state index contributed by atoms with van der Waals surface area (Å²) in [5, 5.41) is 5.42. The van der Waals surface area contributed by atoms with Crippen molar-refractivity contribution in [3.05, 3.63) is 59.3 Å². The van der Waals surface area contributed by atoms with Crippen LogP contribution < -0.4 is 5.56 Å². The summed E-state index contributed by atoms with van der Waals surface area (Å²) in [5.74, 6) is 0.714. The van der Waals surface area contributed by atoms with Crippen molar-refractivity contribution in [1.82, 2.24) is 14.7 Å². The number of hydrogen-bond donors (Lipinski definition) is 0. The van der Waals surface area contributed by atoms with E-state index in [9.17, 15) is 4.79 Å². The van der Waals surface area contributed by atoms with E-state index in [1.165, 1.54) is 17.1 Å². The maximum absolute atomic E-state index is 12.4. The molecular formula is C16H11N3O3. The van der Waals surface area contributed by atoms with Gasteiger partial charge < -0.3 is 13.5 Å². The monoisotopic (exact) mass is 293 g/mol. The van der Waals surface area contributed by atoms with Crippen molar-refractivity contribution in [2.45, 2.75) is 0 Å². The molecule has 6 heteroatoms. The molecule has 0 bridgehead atoms. The molecule has 3 aromatic heterocycles. The highest BCUT2D eigenvalue weighted by molar-refractivity contribution is 5.84. The van der Waals surface area contributed by atoms with Crippen molar-refractivity contribution in [3.63, 3.8) is 0 Å². The number of aromatic nitrogens is 3. The van der Waals surface area contributed by atoms with Gasteiger partial charge in [0.2, 0.25) is 5.82 Å². The number of nitrogens with zero attached hydrogens (tertiary/aromatic N) is 3. The van der Waals surface area contributed by atoms with E-state index >= 15 is 0 Å². The third-order valence-electron chi connectivity index (χ3n) is 3.57. The molecule has 0 fully saturated rings. The summed E-state index contributed by atoms with van der Waals surface area (Å²) in [5.41, 5.74) is 1.20. The maximum atomic E-state index is 12.4. The van der Waals surface area contributed by atoms with Gasteiger partial charge in [0.05, 0.1) is 11.8 Å². The minimum Gasteiger partial charge on any atom is -0.472 e. The zero-order valence-corrected chi connectivity index (χ0v) is 11.7. The van der Waals surface area contributed by atoms with E-state index in [1.54, 1.807) is 19.2 Å². The van der Waals surface area contributed by atoms with Crippen molar-refractivity contribution in [2.75, 3.05) is 0 Å². The van der Waals surface area contributed by atoms with Gasteiger partial charge in [-0.2, -0.15) is 4.98 Å². The van der Waals surface area contributed by atoms with Crippen LogP contribution in [-0.2, 0) is 7.05 Å². The Morgan fingerprint density at radius 1 is 1.18 bits per heavy atom. The van der Waals surface area contributed by atoms with Crippen LogP contribution >= 0.6 is 0 Å². The number of hydrogen-bond acceptors (Lipinski definition) is 5. The van der Waals surface area contributed by atoms with Gasteiger partial charge in [0.25, 0.3) is 11.4 Å². The first-order valence-electron chi connectivity index (χ1n) is 6.69. The molecule has 0 atom stereocenters. The predicted octanol–water partition coefficient (Wildman–Crippen LogP) is 2.85. The first-order valence-corrected chi connectivity index (χ1v) is 6.69. The molecule has 6 nitrogen and oxygen atoms in total. The second-order valence-electron chi connectivity index (χ2n) is 4.92. The lowest BCUT2D eigenvalue weighted by molar-refractivity contribution is 0.429. The first kappa shape index (κ1) is 12.6.